The number of aromatic nitrogens is 5. The third-order valence-electron chi connectivity index (χ3n) is 5.18. The van der Waals surface area contributed by atoms with Crippen molar-refractivity contribution in [3.63, 3.8) is 0 Å². The van der Waals surface area contributed by atoms with Crippen molar-refractivity contribution in [1.82, 2.24) is 25.6 Å². The quantitative estimate of drug-likeness (QED) is 0.369. The zero-order valence-electron chi connectivity index (χ0n) is 17.2. The van der Waals surface area contributed by atoms with E-state index in [1.807, 2.05) is 24.3 Å². The molecule has 0 radical (unpaired) electrons. The Hall–Kier alpha value is -3.58. The van der Waals surface area contributed by atoms with Gasteiger partial charge in [0.15, 0.2) is 5.13 Å². The lowest BCUT2D eigenvalue weighted by molar-refractivity contribution is 0.765. The average molecular weight is 427 g/mol. The Morgan fingerprint density at radius 2 is 1.77 bits per heavy atom. The highest BCUT2D eigenvalue weighted by Gasteiger charge is 2.16. The highest BCUT2D eigenvalue weighted by molar-refractivity contribution is 7.22. The second-order valence-corrected chi connectivity index (χ2v) is 8.38. The molecule has 154 valence electrons. The van der Waals surface area contributed by atoms with Gasteiger partial charge in [-0.25, -0.2) is 4.98 Å². The number of anilines is 1. The largest absolute Gasteiger partial charge is 0.344 e. The fourth-order valence-corrected chi connectivity index (χ4v) is 4.74. The third-order valence-corrected chi connectivity index (χ3v) is 6.27. The number of hydrogen-bond acceptors (Lipinski definition) is 6. The number of H-pyrrole nitrogens is 1. The summed E-state index contributed by atoms with van der Waals surface area (Å²) in [6, 6.07) is 25.1. The molecule has 0 aliphatic rings. The van der Waals surface area contributed by atoms with E-state index in [2.05, 4.69) is 81.0 Å². The third kappa shape index (κ3) is 4.04. The smallest absolute Gasteiger partial charge is 0.205 e. The van der Waals surface area contributed by atoms with Crippen LogP contribution < -0.4 is 4.90 Å². The van der Waals surface area contributed by atoms with Crippen LogP contribution >= 0.6 is 11.3 Å². The van der Waals surface area contributed by atoms with Crippen molar-refractivity contribution in [1.29, 1.82) is 0 Å². The van der Waals surface area contributed by atoms with Crippen molar-refractivity contribution in [2.75, 3.05) is 11.4 Å². The number of hydrogen-bond donors (Lipinski definition) is 1. The first-order valence-corrected chi connectivity index (χ1v) is 11.2. The molecule has 0 unspecified atom stereocenters. The SMILES string of the molecule is CCCN(Cc1ccc(-c2ccccc2)c(-c2nn[nH]n2)c1)c1nc2ccccc2s1. The molecule has 0 aliphatic carbocycles. The molecule has 0 saturated heterocycles. The number of para-hydroxylation sites is 1. The van der Waals surface area contributed by atoms with Gasteiger partial charge in [0.25, 0.3) is 0 Å². The Morgan fingerprint density at radius 3 is 2.55 bits per heavy atom. The van der Waals surface area contributed by atoms with Gasteiger partial charge >= 0.3 is 0 Å². The Morgan fingerprint density at radius 1 is 0.935 bits per heavy atom. The topological polar surface area (TPSA) is 70.6 Å². The average Bonchev–Trinajstić information content (AvgIpc) is 3.49. The Balaban J connectivity index is 1.52. The van der Waals surface area contributed by atoms with Crippen LogP contribution in [0.25, 0.3) is 32.7 Å². The first-order valence-electron chi connectivity index (χ1n) is 10.3. The number of thiazole rings is 1. The maximum absolute atomic E-state index is 4.87. The number of aromatic amines is 1. The van der Waals surface area contributed by atoms with Crippen molar-refractivity contribution in [2.24, 2.45) is 0 Å². The van der Waals surface area contributed by atoms with Gasteiger partial charge in [-0.2, -0.15) is 5.21 Å². The molecule has 0 amide bonds. The minimum Gasteiger partial charge on any atom is -0.344 e. The lowest BCUT2D eigenvalue weighted by Gasteiger charge is -2.22. The number of tetrazole rings is 1. The molecular weight excluding hydrogens is 404 g/mol. The predicted molar refractivity (Wildman–Crippen MR) is 126 cm³/mol. The normalized spacial score (nSPS) is 11.1. The number of rotatable bonds is 7. The van der Waals surface area contributed by atoms with Gasteiger partial charge in [0.2, 0.25) is 5.82 Å². The monoisotopic (exact) mass is 426 g/mol. The predicted octanol–water partition coefficient (Wildman–Crippen LogP) is 5.56. The molecule has 5 aromatic rings. The molecule has 6 nitrogen and oxygen atoms in total. The van der Waals surface area contributed by atoms with Crippen LogP contribution in [0, 0.1) is 0 Å². The first kappa shape index (κ1) is 19.4. The van der Waals surface area contributed by atoms with E-state index in [4.69, 9.17) is 4.98 Å². The summed E-state index contributed by atoms with van der Waals surface area (Å²) in [4.78, 5) is 7.22. The summed E-state index contributed by atoms with van der Waals surface area (Å²) in [6.45, 7) is 3.91. The summed E-state index contributed by atoms with van der Waals surface area (Å²) in [5.74, 6) is 0.600. The molecule has 5 rings (SSSR count). The van der Waals surface area contributed by atoms with Gasteiger partial charge in [-0.15, -0.1) is 10.2 Å². The van der Waals surface area contributed by atoms with Gasteiger partial charge in [-0.3, -0.25) is 0 Å². The van der Waals surface area contributed by atoms with Crippen LogP contribution in [0.15, 0.2) is 72.8 Å². The molecule has 0 aliphatic heterocycles. The molecule has 0 bridgehead atoms. The second-order valence-electron chi connectivity index (χ2n) is 7.37. The maximum Gasteiger partial charge on any atom is 0.205 e. The number of nitrogens with one attached hydrogen (secondary N) is 1. The molecule has 1 N–H and O–H groups in total. The molecule has 0 fully saturated rings. The minimum atomic E-state index is 0.600. The van der Waals surface area contributed by atoms with Gasteiger partial charge in [-0.1, -0.05) is 72.9 Å². The zero-order valence-corrected chi connectivity index (χ0v) is 18.0. The van der Waals surface area contributed by atoms with E-state index in [1.54, 1.807) is 11.3 Å². The van der Waals surface area contributed by atoms with Crippen LogP contribution in [-0.4, -0.2) is 32.2 Å². The maximum atomic E-state index is 4.87. The number of nitrogens with zero attached hydrogens (tertiary/aromatic N) is 5. The lowest BCUT2D eigenvalue weighted by Crippen LogP contribution is -2.23. The lowest BCUT2D eigenvalue weighted by atomic mass is 9.97. The molecule has 2 heterocycles. The van der Waals surface area contributed by atoms with Crippen molar-refractivity contribution in [2.45, 2.75) is 19.9 Å². The van der Waals surface area contributed by atoms with Gasteiger partial charge < -0.3 is 4.90 Å². The van der Waals surface area contributed by atoms with E-state index in [0.717, 1.165) is 46.8 Å². The first-order chi connectivity index (χ1) is 15.3. The van der Waals surface area contributed by atoms with Crippen LogP contribution in [0.4, 0.5) is 5.13 Å². The molecule has 31 heavy (non-hydrogen) atoms. The fourth-order valence-electron chi connectivity index (χ4n) is 3.75. The van der Waals surface area contributed by atoms with Crippen molar-refractivity contribution in [3.8, 4) is 22.5 Å². The molecule has 0 spiro atoms. The summed E-state index contributed by atoms with van der Waals surface area (Å²) in [5.41, 5.74) is 5.43. The van der Waals surface area contributed by atoms with Crippen LogP contribution in [0.5, 0.6) is 0 Å². The number of fused-ring (bicyclic) bond motifs is 1. The van der Waals surface area contributed by atoms with Crippen LogP contribution in [0.1, 0.15) is 18.9 Å². The van der Waals surface area contributed by atoms with E-state index in [-0.39, 0.29) is 0 Å². The van der Waals surface area contributed by atoms with E-state index in [0.29, 0.717) is 5.82 Å². The van der Waals surface area contributed by atoms with E-state index in [9.17, 15) is 0 Å². The van der Waals surface area contributed by atoms with Crippen LogP contribution in [0.3, 0.4) is 0 Å². The molecular formula is C24H22N6S. The second kappa shape index (κ2) is 8.65. The van der Waals surface area contributed by atoms with Crippen molar-refractivity contribution < 1.29 is 0 Å². The van der Waals surface area contributed by atoms with Crippen LogP contribution in [0.2, 0.25) is 0 Å². The molecule has 2 aromatic heterocycles. The van der Waals surface area contributed by atoms with Crippen molar-refractivity contribution >= 4 is 26.7 Å². The summed E-state index contributed by atoms with van der Waals surface area (Å²) in [6.07, 6.45) is 1.05. The Bertz CT molecular complexity index is 1250. The van der Waals surface area contributed by atoms with Crippen LogP contribution in [-0.2, 0) is 6.54 Å². The highest BCUT2D eigenvalue weighted by atomic mass is 32.1. The van der Waals surface area contributed by atoms with Crippen molar-refractivity contribution in [3.05, 3.63) is 78.4 Å². The highest BCUT2D eigenvalue weighted by Crippen LogP contribution is 2.33. The van der Waals surface area contributed by atoms with Gasteiger partial charge in [0.05, 0.1) is 10.2 Å². The van der Waals surface area contributed by atoms with E-state index < -0.39 is 0 Å². The Kier molecular flexibility index (Phi) is 5.41. The van der Waals surface area contributed by atoms with Gasteiger partial charge in [0.1, 0.15) is 0 Å². The fraction of sp³-hybridized carbons (Fsp3) is 0.167. The Labute approximate surface area is 184 Å². The standard InChI is InChI=1S/C24H22N6S/c1-2-14-30(24-25-21-10-6-7-11-22(21)31-24)16-17-12-13-19(18-8-4-3-5-9-18)20(15-17)23-26-28-29-27-23/h3-13,15H,2,14,16H2,1H3,(H,26,27,28,29). The zero-order chi connectivity index (χ0) is 21.0. The van der Waals surface area contributed by atoms with E-state index in [1.165, 1.54) is 10.3 Å². The summed E-state index contributed by atoms with van der Waals surface area (Å²) in [5, 5.41) is 15.9. The number of benzene rings is 3. The molecule has 0 saturated carbocycles. The minimum absolute atomic E-state index is 0.600. The van der Waals surface area contributed by atoms with Gasteiger partial charge in [0, 0.05) is 18.7 Å². The molecule has 3 aromatic carbocycles. The molecule has 7 heteroatoms. The van der Waals surface area contributed by atoms with E-state index >= 15 is 0 Å². The summed E-state index contributed by atoms with van der Waals surface area (Å²) < 4.78 is 1.21. The van der Waals surface area contributed by atoms with Gasteiger partial charge in [-0.05, 0) is 46.5 Å². The molecule has 0 atom stereocenters. The summed E-state index contributed by atoms with van der Waals surface area (Å²) >= 11 is 1.74. The summed E-state index contributed by atoms with van der Waals surface area (Å²) in [7, 11) is 0.